The van der Waals surface area contributed by atoms with Crippen molar-refractivity contribution >= 4 is 11.3 Å². The number of nitrogens with zero attached hydrogens (tertiary/aromatic N) is 2. The molecule has 1 unspecified atom stereocenters. The molecule has 0 spiro atoms. The van der Waals surface area contributed by atoms with Gasteiger partial charge in [0.15, 0.2) is 0 Å². The van der Waals surface area contributed by atoms with Gasteiger partial charge in [-0.05, 0) is 12.6 Å². The van der Waals surface area contributed by atoms with E-state index in [0.29, 0.717) is 0 Å². The van der Waals surface area contributed by atoms with E-state index in [1.54, 1.807) is 11.3 Å². The van der Waals surface area contributed by atoms with Gasteiger partial charge < -0.3 is 5.73 Å². The van der Waals surface area contributed by atoms with Gasteiger partial charge in [-0.1, -0.05) is 30.3 Å². The van der Waals surface area contributed by atoms with E-state index in [9.17, 15) is 0 Å². The number of benzene rings is 1. The summed E-state index contributed by atoms with van der Waals surface area (Å²) in [4.78, 5) is 6.47. The van der Waals surface area contributed by atoms with Gasteiger partial charge in [0.25, 0.3) is 0 Å². The molecule has 2 N–H and O–H groups in total. The number of nitrogens with two attached hydrogens (primary N) is 1. The molecule has 0 saturated heterocycles. The first-order chi connectivity index (χ1) is 8.25. The maximum Gasteiger partial charge on any atom is 0.0795 e. The zero-order chi connectivity index (χ0) is 12.1. The summed E-state index contributed by atoms with van der Waals surface area (Å²) in [5, 5.41) is 2.07. The Labute approximate surface area is 106 Å². The monoisotopic (exact) mass is 247 g/mol. The van der Waals surface area contributed by atoms with Crippen LogP contribution < -0.4 is 5.73 Å². The molecule has 2 aromatic rings. The normalized spacial score (nSPS) is 12.9. The number of likely N-dealkylation sites (N-methyl/N-ethyl adjacent to an activating group) is 1. The third-order valence-corrected chi connectivity index (χ3v) is 3.29. The lowest BCUT2D eigenvalue weighted by molar-refractivity contribution is 0.302. The molecule has 1 aromatic heterocycles. The van der Waals surface area contributed by atoms with Crippen LogP contribution in [0, 0.1) is 0 Å². The quantitative estimate of drug-likeness (QED) is 0.881. The molecular formula is C13H17N3S. The molecule has 0 bridgehead atoms. The van der Waals surface area contributed by atoms with Gasteiger partial charge in [0.05, 0.1) is 11.2 Å². The van der Waals surface area contributed by atoms with Crippen molar-refractivity contribution in [3.63, 3.8) is 0 Å². The van der Waals surface area contributed by atoms with Gasteiger partial charge in [-0.15, -0.1) is 11.3 Å². The highest BCUT2D eigenvalue weighted by molar-refractivity contribution is 7.07. The minimum Gasteiger partial charge on any atom is -0.323 e. The topological polar surface area (TPSA) is 42.2 Å². The SMILES string of the molecule is CN(Cc1cscn1)CC(N)c1ccccc1. The summed E-state index contributed by atoms with van der Waals surface area (Å²) in [7, 11) is 2.07. The molecule has 0 aliphatic rings. The van der Waals surface area contributed by atoms with Crippen molar-refractivity contribution < 1.29 is 0 Å². The van der Waals surface area contributed by atoms with Gasteiger partial charge in [0.1, 0.15) is 0 Å². The van der Waals surface area contributed by atoms with Crippen LogP contribution in [0.2, 0.25) is 0 Å². The molecule has 1 atom stereocenters. The lowest BCUT2D eigenvalue weighted by Gasteiger charge is -2.20. The predicted molar refractivity (Wildman–Crippen MR) is 71.8 cm³/mol. The van der Waals surface area contributed by atoms with Crippen molar-refractivity contribution in [1.29, 1.82) is 0 Å². The third-order valence-electron chi connectivity index (χ3n) is 2.65. The Kier molecular flexibility index (Phi) is 4.25. The Morgan fingerprint density at radius 1 is 1.35 bits per heavy atom. The fourth-order valence-electron chi connectivity index (χ4n) is 1.80. The van der Waals surface area contributed by atoms with E-state index in [2.05, 4.69) is 34.4 Å². The summed E-state index contributed by atoms with van der Waals surface area (Å²) in [6.07, 6.45) is 0. The van der Waals surface area contributed by atoms with E-state index in [1.165, 1.54) is 5.56 Å². The van der Waals surface area contributed by atoms with Crippen LogP contribution in [0.15, 0.2) is 41.2 Å². The second-order valence-corrected chi connectivity index (χ2v) is 4.91. The van der Waals surface area contributed by atoms with Crippen molar-refractivity contribution in [3.05, 3.63) is 52.5 Å². The van der Waals surface area contributed by atoms with Crippen molar-refractivity contribution in [2.45, 2.75) is 12.6 Å². The van der Waals surface area contributed by atoms with E-state index in [-0.39, 0.29) is 6.04 Å². The number of aromatic nitrogens is 1. The van der Waals surface area contributed by atoms with Crippen LogP contribution in [0.1, 0.15) is 17.3 Å². The summed E-state index contributed by atoms with van der Waals surface area (Å²) in [6, 6.07) is 10.3. The second kappa shape index (κ2) is 5.91. The summed E-state index contributed by atoms with van der Waals surface area (Å²) in [5.74, 6) is 0. The Morgan fingerprint density at radius 2 is 2.12 bits per heavy atom. The maximum absolute atomic E-state index is 6.17. The molecule has 0 aliphatic heterocycles. The molecule has 0 aliphatic carbocycles. The molecule has 2 rings (SSSR count). The molecule has 1 heterocycles. The Balaban J connectivity index is 1.88. The van der Waals surface area contributed by atoms with E-state index in [0.717, 1.165) is 18.8 Å². The average molecular weight is 247 g/mol. The first-order valence-corrected chi connectivity index (χ1v) is 6.56. The number of thiazole rings is 1. The van der Waals surface area contributed by atoms with E-state index >= 15 is 0 Å². The fourth-order valence-corrected chi connectivity index (χ4v) is 2.35. The van der Waals surface area contributed by atoms with Gasteiger partial charge in [-0.2, -0.15) is 0 Å². The predicted octanol–water partition coefficient (Wildman–Crippen LogP) is 2.27. The highest BCUT2D eigenvalue weighted by Crippen LogP contribution is 2.12. The lowest BCUT2D eigenvalue weighted by atomic mass is 10.1. The van der Waals surface area contributed by atoms with Crippen LogP contribution in [0.25, 0.3) is 0 Å². The molecule has 17 heavy (non-hydrogen) atoms. The van der Waals surface area contributed by atoms with E-state index in [4.69, 9.17) is 5.73 Å². The molecule has 0 fully saturated rings. The summed E-state index contributed by atoms with van der Waals surface area (Å²) < 4.78 is 0. The highest BCUT2D eigenvalue weighted by atomic mass is 32.1. The third kappa shape index (κ3) is 3.63. The second-order valence-electron chi connectivity index (χ2n) is 4.19. The summed E-state index contributed by atoms with van der Waals surface area (Å²) in [5.41, 5.74) is 10.3. The Bertz CT molecular complexity index is 427. The van der Waals surface area contributed by atoms with Crippen LogP contribution in [-0.4, -0.2) is 23.5 Å². The first kappa shape index (κ1) is 12.2. The van der Waals surface area contributed by atoms with Gasteiger partial charge in [-0.25, -0.2) is 4.98 Å². The summed E-state index contributed by atoms with van der Waals surface area (Å²) in [6.45, 7) is 1.69. The Hall–Kier alpha value is -1.23. The van der Waals surface area contributed by atoms with Crippen molar-refractivity contribution in [2.24, 2.45) is 5.73 Å². The zero-order valence-corrected chi connectivity index (χ0v) is 10.7. The van der Waals surface area contributed by atoms with E-state index < -0.39 is 0 Å². The van der Waals surface area contributed by atoms with Crippen molar-refractivity contribution in [2.75, 3.05) is 13.6 Å². The van der Waals surface area contributed by atoms with Crippen molar-refractivity contribution in [1.82, 2.24) is 9.88 Å². The largest absolute Gasteiger partial charge is 0.323 e. The average Bonchev–Trinajstić information content (AvgIpc) is 2.82. The minimum absolute atomic E-state index is 0.0554. The van der Waals surface area contributed by atoms with Crippen LogP contribution in [0.4, 0.5) is 0 Å². The molecule has 4 heteroatoms. The highest BCUT2D eigenvalue weighted by Gasteiger charge is 2.09. The zero-order valence-electron chi connectivity index (χ0n) is 9.91. The van der Waals surface area contributed by atoms with Crippen LogP contribution in [0.3, 0.4) is 0 Å². The van der Waals surface area contributed by atoms with Gasteiger partial charge >= 0.3 is 0 Å². The number of rotatable bonds is 5. The molecular weight excluding hydrogens is 230 g/mol. The van der Waals surface area contributed by atoms with Gasteiger partial charge in [0, 0.05) is 24.5 Å². The number of hydrogen-bond acceptors (Lipinski definition) is 4. The van der Waals surface area contributed by atoms with E-state index in [1.807, 2.05) is 23.7 Å². The molecule has 1 aromatic carbocycles. The minimum atomic E-state index is 0.0554. The lowest BCUT2D eigenvalue weighted by Crippen LogP contribution is -2.28. The molecule has 0 amide bonds. The first-order valence-electron chi connectivity index (χ1n) is 5.62. The number of hydrogen-bond donors (Lipinski definition) is 1. The van der Waals surface area contributed by atoms with Gasteiger partial charge in [-0.3, -0.25) is 4.90 Å². The summed E-state index contributed by atoms with van der Waals surface area (Å²) >= 11 is 1.63. The molecule has 0 radical (unpaired) electrons. The van der Waals surface area contributed by atoms with Crippen LogP contribution >= 0.6 is 11.3 Å². The molecule has 90 valence electrons. The fraction of sp³-hybridized carbons (Fsp3) is 0.308. The maximum atomic E-state index is 6.17. The van der Waals surface area contributed by atoms with Crippen LogP contribution in [-0.2, 0) is 6.54 Å². The Morgan fingerprint density at radius 3 is 2.76 bits per heavy atom. The van der Waals surface area contributed by atoms with Gasteiger partial charge in [0.2, 0.25) is 0 Å². The molecule has 0 saturated carbocycles. The van der Waals surface area contributed by atoms with Crippen LogP contribution in [0.5, 0.6) is 0 Å². The standard InChI is InChI=1S/C13H17N3S/c1-16(7-12-9-17-10-15-12)8-13(14)11-5-3-2-4-6-11/h2-6,9-10,13H,7-8,14H2,1H3. The molecule has 3 nitrogen and oxygen atoms in total. The smallest absolute Gasteiger partial charge is 0.0795 e. The van der Waals surface area contributed by atoms with Crippen molar-refractivity contribution in [3.8, 4) is 0 Å².